The molecule has 0 radical (unpaired) electrons. The second-order valence-corrected chi connectivity index (χ2v) is 6.52. The Kier molecular flexibility index (Phi) is 4.98. The van der Waals surface area contributed by atoms with E-state index in [1.165, 1.54) is 0 Å². The smallest absolute Gasteiger partial charge is 0.231 e. The molecule has 1 saturated heterocycles. The van der Waals surface area contributed by atoms with Crippen LogP contribution in [0.4, 0.5) is 0 Å². The summed E-state index contributed by atoms with van der Waals surface area (Å²) in [5, 5.41) is 7.19. The third-order valence-electron chi connectivity index (χ3n) is 4.46. The van der Waals surface area contributed by atoms with Crippen LogP contribution in [0.2, 0.25) is 0 Å². The zero-order valence-electron chi connectivity index (χ0n) is 13.2. The molecule has 0 saturated carbocycles. The number of carbonyl (C=O) groups excluding carboxylic acids is 1. The Morgan fingerprint density at radius 1 is 1.26 bits per heavy atom. The van der Waals surface area contributed by atoms with E-state index in [2.05, 4.69) is 10.7 Å². The maximum absolute atomic E-state index is 13.0. The molecule has 122 valence electrons. The summed E-state index contributed by atoms with van der Waals surface area (Å²) in [6.45, 7) is 1.79. The Hall–Kier alpha value is -1.85. The number of amides is 1. The average Bonchev–Trinajstić information content (AvgIpc) is 3.14. The van der Waals surface area contributed by atoms with Gasteiger partial charge in [-0.05, 0) is 52.9 Å². The largest absolute Gasteiger partial charge is 0.497 e. The summed E-state index contributed by atoms with van der Waals surface area (Å²) in [5.74, 6) is 0.881. The van der Waals surface area contributed by atoms with Crippen molar-refractivity contribution in [2.75, 3.05) is 20.3 Å². The van der Waals surface area contributed by atoms with Gasteiger partial charge in [0.05, 0.1) is 12.5 Å². The van der Waals surface area contributed by atoms with E-state index in [1.54, 1.807) is 18.4 Å². The first kappa shape index (κ1) is 16.0. The van der Waals surface area contributed by atoms with Gasteiger partial charge in [0.15, 0.2) is 0 Å². The van der Waals surface area contributed by atoms with E-state index in [4.69, 9.17) is 9.47 Å². The van der Waals surface area contributed by atoms with Crippen LogP contribution in [0.3, 0.4) is 0 Å². The van der Waals surface area contributed by atoms with Crippen LogP contribution in [0.1, 0.15) is 24.0 Å². The van der Waals surface area contributed by atoms with Crippen molar-refractivity contribution in [1.82, 2.24) is 5.32 Å². The van der Waals surface area contributed by atoms with Crippen molar-refractivity contribution in [1.29, 1.82) is 0 Å². The Labute approximate surface area is 140 Å². The maximum atomic E-state index is 13.0. The molecule has 2 heterocycles. The van der Waals surface area contributed by atoms with Gasteiger partial charge in [-0.3, -0.25) is 4.79 Å². The monoisotopic (exact) mass is 331 g/mol. The maximum Gasteiger partial charge on any atom is 0.231 e. The van der Waals surface area contributed by atoms with Gasteiger partial charge >= 0.3 is 0 Å². The highest BCUT2D eigenvalue weighted by atomic mass is 32.1. The number of hydrogen-bond donors (Lipinski definition) is 1. The molecule has 1 aliphatic heterocycles. The summed E-state index contributed by atoms with van der Waals surface area (Å²) in [7, 11) is 1.65. The van der Waals surface area contributed by atoms with Crippen LogP contribution in [0.15, 0.2) is 41.1 Å². The quantitative estimate of drug-likeness (QED) is 0.916. The summed E-state index contributed by atoms with van der Waals surface area (Å²) in [5.41, 5.74) is 1.66. The fourth-order valence-electron chi connectivity index (χ4n) is 3.02. The van der Waals surface area contributed by atoms with Crippen molar-refractivity contribution < 1.29 is 14.3 Å². The molecule has 5 heteroatoms. The van der Waals surface area contributed by atoms with Crippen molar-refractivity contribution >= 4 is 17.2 Å². The number of ether oxygens (including phenoxy) is 2. The number of nitrogens with one attached hydrogen (secondary N) is 1. The molecule has 0 spiro atoms. The third-order valence-corrected chi connectivity index (χ3v) is 5.19. The molecule has 0 atom stereocenters. The van der Waals surface area contributed by atoms with Gasteiger partial charge < -0.3 is 14.8 Å². The molecule has 3 rings (SSSR count). The minimum absolute atomic E-state index is 0.0807. The molecule has 1 aliphatic rings. The summed E-state index contributed by atoms with van der Waals surface area (Å²) >= 11 is 1.64. The lowest BCUT2D eigenvalue weighted by atomic mass is 9.73. The second-order valence-electron chi connectivity index (χ2n) is 5.74. The van der Waals surface area contributed by atoms with Gasteiger partial charge in [0, 0.05) is 19.8 Å². The van der Waals surface area contributed by atoms with Crippen molar-refractivity contribution in [3.8, 4) is 5.75 Å². The predicted molar refractivity (Wildman–Crippen MR) is 90.9 cm³/mol. The van der Waals surface area contributed by atoms with Gasteiger partial charge in [0.1, 0.15) is 5.75 Å². The first-order valence-corrected chi connectivity index (χ1v) is 8.70. The van der Waals surface area contributed by atoms with E-state index in [-0.39, 0.29) is 5.91 Å². The standard InChI is InChI=1S/C18H21NO3S/c1-21-16-4-2-15(3-5-16)18(7-9-22-10-8-18)17(20)19-12-14-6-11-23-13-14/h2-6,11,13H,7-10,12H2,1H3,(H,19,20). The molecule has 1 aromatic heterocycles. The normalized spacial score (nSPS) is 16.7. The van der Waals surface area contributed by atoms with E-state index in [0.717, 1.165) is 16.9 Å². The lowest BCUT2D eigenvalue weighted by Crippen LogP contribution is -2.47. The Morgan fingerprint density at radius 2 is 2.00 bits per heavy atom. The highest BCUT2D eigenvalue weighted by molar-refractivity contribution is 7.07. The lowest BCUT2D eigenvalue weighted by molar-refractivity contribution is -0.130. The van der Waals surface area contributed by atoms with E-state index >= 15 is 0 Å². The topological polar surface area (TPSA) is 47.6 Å². The number of thiophene rings is 1. The van der Waals surface area contributed by atoms with Crippen molar-refractivity contribution in [2.45, 2.75) is 24.8 Å². The molecule has 1 amide bonds. The van der Waals surface area contributed by atoms with Gasteiger partial charge in [0.2, 0.25) is 5.91 Å². The molecular formula is C18H21NO3S. The fourth-order valence-corrected chi connectivity index (χ4v) is 3.69. The van der Waals surface area contributed by atoms with E-state index in [1.807, 2.05) is 35.7 Å². The van der Waals surface area contributed by atoms with E-state index in [0.29, 0.717) is 32.6 Å². The van der Waals surface area contributed by atoms with Crippen LogP contribution in [-0.2, 0) is 21.5 Å². The predicted octanol–water partition coefficient (Wildman–Crippen LogP) is 3.12. The van der Waals surface area contributed by atoms with Crippen LogP contribution < -0.4 is 10.1 Å². The number of rotatable bonds is 5. The first-order valence-electron chi connectivity index (χ1n) is 7.76. The van der Waals surface area contributed by atoms with Gasteiger partial charge in [0.25, 0.3) is 0 Å². The fraction of sp³-hybridized carbons (Fsp3) is 0.389. The molecule has 0 aliphatic carbocycles. The Balaban J connectivity index is 1.81. The second kappa shape index (κ2) is 7.15. The lowest BCUT2D eigenvalue weighted by Gasteiger charge is -2.36. The molecule has 23 heavy (non-hydrogen) atoms. The Bertz CT molecular complexity index is 631. The van der Waals surface area contributed by atoms with Gasteiger partial charge in [-0.1, -0.05) is 12.1 Å². The highest BCUT2D eigenvalue weighted by Gasteiger charge is 2.41. The zero-order valence-corrected chi connectivity index (χ0v) is 14.0. The summed E-state index contributed by atoms with van der Waals surface area (Å²) in [4.78, 5) is 13.0. The molecule has 0 unspecified atom stereocenters. The molecular weight excluding hydrogens is 310 g/mol. The third kappa shape index (κ3) is 3.41. The molecule has 4 nitrogen and oxygen atoms in total. The van der Waals surface area contributed by atoms with Gasteiger partial charge in [-0.15, -0.1) is 0 Å². The van der Waals surface area contributed by atoms with E-state index in [9.17, 15) is 4.79 Å². The van der Waals surface area contributed by atoms with Crippen LogP contribution in [0.25, 0.3) is 0 Å². The number of hydrogen-bond acceptors (Lipinski definition) is 4. The number of benzene rings is 1. The molecule has 1 N–H and O–H groups in total. The minimum Gasteiger partial charge on any atom is -0.497 e. The van der Waals surface area contributed by atoms with Gasteiger partial charge in [-0.25, -0.2) is 0 Å². The summed E-state index contributed by atoms with van der Waals surface area (Å²) in [6.07, 6.45) is 1.41. The first-order chi connectivity index (χ1) is 11.2. The Morgan fingerprint density at radius 3 is 2.61 bits per heavy atom. The highest BCUT2D eigenvalue weighted by Crippen LogP contribution is 2.36. The van der Waals surface area contributed by atoms with Crippen LogP contribution in [-0.4, -0.2) is 26.2 Å². The number of methoxy groups -OCH3 is 1. The summed E-state index contributed by atoms with van der Waals surface area (Å²) in [6, 6.07) is 9.86. The minimum atomic E-state index is -0.513. The molecule has 1 aromatic carbocycles. The summed E-state index contributed by atoms with van der Waals surface area (Å²) < 4.78 is 10.7. The van der Waals surface area contributed by atoms with Crippen LogP contribution in [0, 0.1) is 0 Å². The molecule has 0 bridgehead atoms. The van der Waals surface area contributed by atoms with Crippen molar-refractivity contribution in [3.05, 3.63) is 52.2 Å². The zero-order chi connectivity index (χ0) is 16.1. The van der Waals surface area contributed by atoms with Crippen LogP contribution >= 0.6 is 11.3 Å². The molecule has 1 fully saturated rings. The SMILES string of the molecule is COc1ccc(C2(C(=O)NCc3ccsc3)CCOCC2)cc1. The van der Waals surface area contributed by atoms with E-state index < -0.39 is 5.41 Å². The van der Waals surface area contributed by atoms with Crippen LogP contribution in [0.5, 0.6) is 5.75 Å². The van der Waals surface area contributed by atoms with Gasteiger partial charge in [-0.2, -0.15) is 11.3 Å². The number of carbonyl (C=O) groups is 1. The average molecular weight is 331 g/mol. The van der Waals surface area contributed by atoms with Crippen molar-refractivity contribution in [3.63, 3.8) is 0 Å². The molecule has 2 aromatic rings. The van der Waals surface area contributed by atoms with Crippen molar-refractivity contribution in [2.24, 2.45) is 0 Å².